The maximum atomic E-state index is 5.83. The SMILES string of the molecule is Cc1cc([C@H]2[C@H](c3ccccn3)NC(=S)N2CCCN(C)C)c(C)n1-c1ccccc1Br. The zero-order valence-corrected chi connectivity index (χ0v) is 21.4. The van der Waals surface area contributed by atoms with Gasteiger partial charge in [0, 0.05) is 28.6 Å². The van der Waals surface area contributed by atoms with Crippen LogP contribution < -0.4 is 5.32 Å². The average Bonchev–Trinajstić information content (AvgIpc) is 3.24. The van der Waals surface area contributed by atoms with Crippen LogP contribution in [0, 0.1) is 13.8 Å². The molecular formula is C25H30BrN5S. The van der Waals surface area contributed by atoms with E-state index in [2.05, 4.69) is 98.9 Å². The van der Waals surface area contributed by atoms with Crippen molar-refractivity contribution in [3.63, 3.8) is 0 Å². The van der Waals surface area contributed by atoms with Gasteiger partial charge in [0.1, 0.15) is 0 Å². The fraction of sp³-hybridized carbons (Fsp3) is 0.360. The smallest absolute Gasteiger partial charge is 0.170 e. The van der Waals surface area contributed by atoms with Crippen molar-refractivity contribution in [2.24, 2.45) is 0 Å². The molecule has 0 unspecified atom stereocenters. The lowest BCUT2D eigenvalue weighted by Gasteiger charge is -2.28. The molecule has 32 heavy (non-hydrogen) atoms. The number of thiocarbonyl (C=S) groups is 1. The first-order chi connectivity index (χ1) is 15.4. The third-order valence-electron chi connectivity index (χ3n) is 6.08. The van der Waals surface area contributed by atoms with Crippen LogP contribution in [0.3, 0.4) is 0 Å². The number of hydrogen-bond acceptors (Lipinski definition) is 3. The van der Waals surface area contributed by atoms with Gasteiger partial charge in [-0.3, -0.25) is 4.98 Å². The summed E-state index contributed by atoms with van der Waals surface area (Å²) in [5.41, 5.74) is 5.88. The number of aryl methyl sites for hydroxylation is 1. The minimum absolute atomic E-state index is 0.0104. The van der Waals surface area contributed by atoms with Gasteiger partial charge in [0.15, 0.2) is 5.11 Å². The van der Waals surface area contributed by atoms with Gasteiger partial charge < -0.3 is 19.7 Å². The Morgan fingerprint density at radius 2 is 1.88 bits per heavy atom. The number of hydrogen-bond donors (Lipinski definition) is 1. The summed E-state index contributed by atoms with van der Waals surface area (Å²) in [5, 5.41) is 4.38. The third-order valence-corrected chi connectivity index (χ3v) is 7.11. The Morgan fingerprint density at radius 1 is 1.12 bits per heavy atom. The second-order valence-corrected chi connectivity index (χ2v) is 9.83. The molecule has 2 aromatic heterocycles. The number of halogens is 1. The molecule has 3 aromatic rings. The van der Waals surface area contributed by atoms with Crippen molar-refractivity contribution in [2.45, 2.75) is 32.4 Å². The highest BCUT2D eigenvalue weighted by Gasteiger charge is 2.41. The van der Waals surface area contributed by atoms with Crippen LogP contribution in [0.2, 0.25) is 0 Å². The molecule has 0 aliphatic carbocycles. The monoisotopic (exact) mass is 511 g/mol. The summed E-state index contributed by atoms with van der Waals surface area (Å²) in [5.74, 6) is 0. The van der Waals surface area contributed by atoms with Gasteiger partial charge in [0.05, 0.1) is 23.5 Å². The van der Waals surface area contributed by atoms with E-state index < -0.39 is 0 Å². The predicted octanol–water partition coefficient (Wildman–Crippen LogP) is 5.18. The molecule has 0 bridgehead atoms. The largest absolute Gasteiger partial charge is 0.352 e. The molecule has 0 spiro atoms. The first-order valence-corrected chi connectivity index (χ1v) is 12.1. The third kappa shape index (κ3) is 4.47. The highest BCUT2D eigenvalue weighted by Crippen LogP contribution is 2.41. The number of para-hydroxylation sites is 1. The van der Waals surface area contributed by atoms with Gasteiger partial charge in [-0.1, -0.05) is 18.2 Å². The Hall–Kier alpha value is -2.22. The van der Waals surface area contributed by atoms with Crippen LogP contribution in [0.5, 0.6) is 0 Å². The van der Waals surface area contributed by atoms with E-state index in [9.17, 15) is 0 Å². The van der Waals surface area contributed by atoms with E-state index in [-0.39, 0.29) is 12.1 Å². The normalized spacial score (nSPS) is 18.4. The lowest BCUT2D eigenvalue weighted by Crippen LogP contribution is -2.32. The van der Waals surface area contributed by atoms with Crippen molar-refractivity contribution in [3.05, 3.63) is 81.8 Å². The van der Waals surface area contributed by atoms with Gasteiger partial charge in [0.25, 0.3) is 0 Å². The van der Waals surface area contributed by atoms with Crippen molar-refractivity contribution >= 4 is 33.3 Å². The van der Waals surface area contributed by atoms with E-state index in [1.807, 2.05) is 24.4 Å². The summed E-state index contributed by atoms with van der Waals surface area (Å²) in [6.45, 7) is 6.30. The molecule has 1 saturated heterocycles. The lowest BCUT2D eigenvalue weighted by molar-refractivity contribution is 0.292. The Bertz CT molecular complexity index is 1090. The second kappa shape index (κ2) is 9.73. The van der Waals surface area contributed by atoms with E-state index in [1.54, 1.807) is 0 Å². The minimum Gasteiger partial charge on any atom is -0.352 e. The Balaban J connectivity index is 1.78. The van der Waals surface area contributed by atoms with Crippen molar-refractivity contribution in [3.8, 4) is 5.69 Å². The molecule has 1 fully saturated rings. The van der Waals surface area contributed by atoms with Crippen molar-refractivity contribution < 1.29 is 0 Å². The molecule has 7 heteroatoms. The van der Waals surface area contributed by atoms with Gasteiger partial charge in [-0.25, -0.2) is 0 Å². The molecule has 0 amide bonds. The molecule has 168 valence electrons. The first-order valence-electron chi connectivity index (χ1n) is 10.9. The zero-order valence-electron chi connectivity index (χ0n) is 19.0. The quantitative estimate of drug-likeness (QED) is 0.442. The topological polar surface area (TPSA) is 36.3 Å². The second-order valence-electron chi connectivity index (χ2n) is 8.59. The molecular weight excluding hydrogens is 482 g/mol. The van der Waals surface area contributed by atoms with E-state index in [0.717, 1.165) is 40.5 Å². The van der Waals surface area contributed by atoms with E-state index in [1.165, 1.54) is 17.0 Å². The molecule has 0 saturated carbocycles. The number of aromatic nitrogens is 2. The number of pyridine rings is 1. The minimum atomic E-state index is 0.0104. The van der Waals surface area contributed by atoms with E-state index >= 15 is 0 Å². The van der Waals surface area contributed by atoms with Crippen molar-refractivity contribution in [1.82, 2.24) is 24.7 Å². The molecule has 0 radical (unpaired) electrons. The van der Waals surface area contributed by atoms with Crippen LogP contribution in [0.25, 0.3) is 5.69 Å². The average molecular weight is 513 g/mol. The first kappa shape index (κ1) is 23.0. The fourth-order valence-corrected chi connectivity index (χ4v) is 5.43. The highest BCUT2D eigenvalue weighted by atomic mass is 79.9. The molecule has 2 atom stereocenters. The summed E-state index contributed by atoms with van der Waals surface area (Å²) < 4.78 is 3.41. The predicted molar refractivity (Wildman–Crippen MR) is 138 cm³/mol. The standard InChI is InChI=1S/C25H30BrN5S/c1-17-16-19(18(2)31(17)22-12-6-5-10-20(22)26)24-23(21-11-7-8-13-27-21)28-25(32)30(24)15-9-14-29(3)4/h5-8,10-13,16,23-24H,9,14-15H2,1-4H3,(H,28,32)/t23-,24-/m0/s1. The van der Waals surface area contributed by atoms with Gasteiger partial charge >= 0.3 is 0 Å². The molecule has 5 nitrogen and oxygen atoms in total. The number of benzene rings is 1. The molecule has 1 aliphatic heterocycles. The maximum absolute atomic E-state index is 5.83. The molecule has 3 heterocycles. The van der Waals surface area contributed by atoms with E-state index in [0.29, 0.717) is 0 Å². The highest BCUT2D eigenvalue weighted by molar-refractivity contribution is 9.10. The van der Waals surface area contributed by atoms with Gasteiger partial charge in [-0.05, 0) is 105 Å². The Morgan fingerprint density at radius 3 is 2.56 bits per heavy atom. The summed E-state index contributed by atoms with van der Waals surface area (Å²) in [6, 6.07) is 16.9. The zero-order chi connectivity index (χ0) is 22.8. The van der Waals surface area contributed by atoms with Crippen LogP contribution in [-0.4, -0.2) is 51.6 Å². The van der Waals surface area contributed by atoms with Crippen LogP contribution >= 0.6 is 28.1 Å². The summed E-state index contributed by atoms with van der Waals surface area (Å²) in [7, 11) is 4.22. The number of rotatable bonds is 7. The Kier molecular flexibility index (Phi) is 6.98. The van der Waals surface area contributed by atoms with Crippen molar-refractivity contribution in [1.29, 1.82) is 0 Å². The molecule has 1 N–H and O–H groups in total. The van der Waals surface area contributed by atoms with E-state index in [4.69, 9.17) is 12.2 Å². The van der Waals surface area contributed by atoms with Crippen LogP contribution in [0.15, 0.2) is 59.2 Å². The van der Waals surface area contributed by atoms with Gasteiger partial charge in [-0.2, -0.15) is 0 Å². The maximum Gasteiger partial charge on any atom is 0.170 e. The van der Waals surface area contributed by atoms with Crippen LogP contribution in [0.1, 0.15) is 41.1 Å². The molecule has 1 aliphatic rings. The summed E-state index contributed by atoms with van der Waals surface area (Å²) in [6.07, 6.45) is 2.90. The molecule has 4 rings (SSSR count). The van der Waals surface area contributed by atoms with Crippen LogP contribution in [0.4, 0.5) is 0 Å². The lowest BCUT2D eigenvalue weighted by atomic mass is 9.96. The Labute approximate surface area is 204 Å². The fourth-order valence-electron chi connectivity index (χ4n) is 4.63. The van der Waals surface area contributed by atoms with Gasteiger partial charge in [-0.15, -0.1) is 0 Å². The van der Waals surface area contributed by atoms with Gasteiger partial charge in [0.2, 0.25) is 0 Å². The number of nitrogens with one attached hydrogen (secondary N) is 1. The number of nitrogens with zero attached hydrogens (tertiary/aromatic N) is 4. The van der Waals surface area contributed by atoms with Crippen LogP contribution in [-0.2, 0) is 0 Å². The molecule has 1 aromatic carbocycles. The van der Waals surface area contributed by atoms with Crippen molar-refractivity contribution in [2.75, 3.05) is 27.2 Å². The summed E-state index contributed by atoms with van der Waals surface area (Å²) >= 11 is 9.56. The summed E-state index contributed by atoms with van der Waals surface area (Å²) in [4.78, 5) is 9.24.